The van der Waals surface area contributed by atoms with E-state index in [1.807, 2.05) is 48.5 Å². The zero-order chi connectivity index (χ0) is 20.5. The molecule has 3 rings (SSSR count). The van der Waals surface area contributed by atoms with Crippen LogP contribution in [0, 0.1) is 6.92 Å². The fourth-order valence-electron chi connectivity index (χ4n) is 2.51. The SMILES string of the molecule is Cc1ccc(COc2ccc(Cl)cc2C=NN=C(N)SCc2ccccc2)cc1. The Kier molecular flexibility index (Phi) is 7.73. The summed E-state index contributed by atoms with van der Waals surface area (Å²) in [6.07, 6.45) is 1.60. The third kappa shape index (κ3) is 6.97. The number of hydrogen-bond acceptors (Lipinski definition) is 4. The number of halogens is 1. The lowest BCUT2D eigenvalue weighted by atomic mass is 10.1. The second kappa shape index (κ2) is 10.7. The summed E-state index contributed by atoms with van der Waals surface area (Å²) >= 11 is 7.57. The Morgan fingerprint density at radius 1 is 1.03 bits per heavy atom. The van der Waals surface area contributed by atoms with Crippen molar-refractivity contribution < 1.29 is 4.74 Å². The van der Waals surface area contributed by atoms with Gasteiger partial charge in [-0.3, -0.25) is 0 Å². The summed E-state index contributed by atoms with van der Waals surface area (Å²) in [4.78, 5) is 0. The number of thioether (sulfide) groups is 1. The van der Waals surface area contributed by atoms with Crippen LogP contribution in [-0.2, 0) is 12.4 Å². The fraction of sp³-hybridized carbons (Fsp3) is 0.130. The van der Waals surface area contributed by atoms with E-state index in [2.05, 4.69) is 29.3 Å². The molecule has 6 heteroatoms. The molecule has 0 radical (unpaired) electrons. The van der Waals surface area contributed by atoms with Crippen molar-refractivity contribution in [2.75, 3.05) is 0 Å². The largest absolute Gasteiger partial charge is 0.488 e. The van der Waals surface area contributed by atoms with Crippen molar-refractivity contribution in [2.45, 2.75) is 19.3 Å². The van der Waals surface area contributed by atoms with Gasteiger partial charge in [0, 0.05) is 16.3 Å². The van der Waals surface area contributed by atoms with Crippen LogP contribution in [0.25, 0.3) is 0 Å². The van der Waals surface area contributed by atoms with E-state index in [0.717, 1.165) is 16.9 Å². The maximum atomic E-state index is 6.13. The Bertz CT molecular complexity index is 989. The lowest BCUT2D eigenvalue weighted by molar-refractivity contribution is 0.306. The van der Waals surface area contributed by atoms with Crippen molar-refractivity contribution in [1.82, 2.24) is 0 Å². The Balaban J connectivity index is 1.62. The summed E-state index contributed by atoms with van der Waals surface area (Å²) in [5.41, 5.74) is 10.2. The first kappa shape index (κ1) is 21.0. The van der Waals surface area contributed by atoms with E-state index in [4.69, 9.17) is 22.1 Å². The number of nitrogens with zero attached hydrogens (tertiary/aromatic N) is 2. The van der Waals surface area contributed by atoms with Crippen LogP contribution in [-0.4, -0.2) is 11.4 Å². The molecular weight excluding hydrogens is 402 g/mol. The smallest absolute Gasteiger partial charge is 0.180 e. The minimum atomic E-state index is 0.397. The average Bonchev–Trinajstić information content (AvgIpc) is 2.73. The zero-order valence-electron chi connectivity index (χ0n) is 16.1. The molecule has 0 saturated carbocycles. The Labute approximate surface area is 180 Å². The Morgan fingerprint density at radius 2 is 1.79 bits per heavy atom. The van der Waals surface area contributed by atoms with E-state index < -0.39 is 0 Å². The molecule has 4 nitrogen and oxygen atoms in total. The van der Waals surface area contributed by atoms with Crippen molar-refractivity contribution in [1.29, 1.82) is 0 Å². The summed E-state index contributed by atoms with van der Waals surface area (Å²) < 4.78 is 5.95. The highest BCUT2D eigenvalue weighted by molar-refractivity contribution is 8.13. The van der Waals surface area contributed by atoms with E-state index in [9.17, 15) is 0 Å². The Hall–Kier alpha value is -2.76. The van der Waals surface area contributed by atoms with E-state index in [0.29, 0.717) is 22.5 Å². The summed E-state index contributed by atoms with van der Waals surface area (Å²) in [7, 11) is 0. The third-order valence-electron chi connectivity index (χ3n) is 4.07. The van der Waals surface area contributed by atoms with Gasteiger partial charge in [0.1, 0.15) is 12.4 Å². The minimum absolute atomic E-state index is 0.397. The molecule has 0 fully saturated rings. The second-order valence-electron chi connectivity index (χ2n) is 6.41. The molecule has 3 aromatic carbocycles. The first-order chi connectivity index (χ1) is 14.1. The van der Waals surface area contributed by atoms with E-state index in [1.54, 1.807) is 18.3 Å². The van der Waals surface area contributed by atoms with Crippen LogP contribution < -0.4 is 10.5 Å². The van der Waals surface area contributed by atoms with Crippen LogP contribution in [0.2, 0.25) is 5.02 Å². The normalized spacial score (nSPS) is 11.7. The van der Waals surface area contributed by atoms with Gasteiger partial charge in [0.25, 0.3) is 0 Å². The van der Waals surface area contributed by atoms with E-state index in [1.165, 1.54) is 22.9 Å². The molecule has 2 N–H and O–H groups in total. The van der Waals surface area contributed by atoms with Crippen molar-refractivity contribution in [3.8, 4) is 5.75 Å². The molecule has 0 atom stereocenters. The van der Waals surface area contributed by atoms with Gasteiger partial charge in [-0.2, -0.15) is 5.10 Å². The van der Waals surface area contributed by atoms with Gasteiger partial charge in [-0.1, -0.05) is 83.5 Å². The van der Waals surface area contributed by atoms with Gasteiger partial charge in [0.15, 0.2) is 5.17 Å². The lowest BCUT2D eigenvalue weighted by Crippen LogP contribution is -2.06. The summed E-state index contributed by atoms with van der Waals surface area (Å²) in [5, 5.41) is 9.16. The fourth-order valence-corrected chi connectivity index (χ4v) is 3.30. The predicted molar refractivity (Wildman–Crippen MR) is 124 cm³/mol. The van der Waals surface area contributed by atoms with Gasteiger partial charge < -0.3 is 10.5 Å². The van der Waals surface area contributed by atoms with Crippen molar-refractivity contribution >= 4 is 34.7 Å². The monoisotopic (exact) mass is 423 g/mol. The van der Waals surface area contributed by atoms with Crippen molar-refractivity contribution in [2.24, 2.45) is 15.9 Å². The molecule has 0 unspecified atom stereocenters. The van der Waals surface area contributed by atoms with Crippen molar-refractivity contribution in [3.63, 3.8) is 0 Å². The summed E-state index contributed by atoms with van der Waals surface area (Å²) in [6, 6.07) is 23.7. The molecule has 0 aliphatic heterocycles. The molecule has 0 amide bonds. The van der Waals surface area contributed by atoms with Crippen LogP contribution >= 0.6 is 23.4 Å². The second-order valence-corrected chi connectivity index (χ2v) is 7.85. The highest BCUT2D eigenvalue weighted by atomic mass is 35.5. The number of rotatable bonds is 7. The summed E-state index contributed by atoms with van der Waals surface area (Å²) in [6.45, 7) is 2.52. The van der Waals surface area contributed by atoms with Crippen LogP contribution in [0.15, 0.2) is 83.0 Å². The molecule has 0 spiro atoms. The molecule has 0 aromatic heterocycles. The number of ether oxygens (including phenoxy) is 1. The molecule has 29 heavy (non-hydrogen) atoms. The van der Waals surface area contributed by atoms with E-state index in [-0.39, 0.29) is 0 Å². The standard InChI is InChI=1S/C23H22ClN3OS/c1-17-7-9-18(10-8-17)15-28-22-12-11-21(24)13-20(22)14-26-27-23(25)29-16-19-5-3-2-4-6-19/h2-14H,15-16H2,1H3,(H2,25,27). The van der Waals surface area contributed by atoms with Crippen LogP contribution in [0.1, 0.15) is 22.3 Å². The van der Waals surface area contributed by atoms with Gasteiger partial charge in [-0.15, -0.1) is 5.10 Å². The summed E-state index contributed by atoms with van der Waals surface area (Å²) in [5.74, 6) is 1.43. The molecule has 0 saturated heterocycles. The maximum Gasteiger partial charge on any atom is 0.180 e. The average molecular weight is 424 g/mol. The van der Waals surface area contributed by atoms with Gasteiger partial charge in [-0.05, 0) is 36.2 Å². The van der Waals surface area contributed by atoms with Gasteiger partial charge in [-0.25, -0.2) is 0 Å². The van der Waals surface area contributed by atoms with Gasteiger partial charge in [0.2, 0.25) is 0 Å². The Morgan fingerprint density at radius 3 is 2.55 bits per heavy atom. The van der Waals surface area contributed by atoms with Gasteiger partial charge in [0.05, 0.1) is 6.21 Å². The van der Waals surface area contributed by atoms with Gasteiger partial charge >= 0.3 is 0 Å². The van der Waals surface area contributed by atoms with E-state index >= 15 is 0 Å². The third-order valence-corrected chi connectivity index (χ3v) is 5.16. The molecule has 0 heterocycles. The molecule has 148 valence electrons. The van der Waals surface area contributed by atoms with Crippen LogP contribution in [0.3, 0.4) is 0 Å². The topological polar surface area (TPSA) is 60.0 Å². The first-order valence-electron chi connectivity index (χ1n) is 9.11. The number of benzene rings is 3. The highest BCUT2D eigenvalue weighted by Crippen LogP contribution is 2.23. The molecular formula is C23H22ClN3OS. The maximum absolute atomic E-state index is 6.13. The zero-order valence-corrected chi connectivity index (χ0v) is 17.7. The predicted octanol–water partition coefficient (Wildman–Crippen LogP) is 5.81. The number of aryl methyl sites for hydroxylation is 1. The van der Waals surface area contributed by atoms with Crippen LogP contribution in [0.4, 0.5) is 0 Å². The molecule has 3 aromatic rings. The quantitative estimate of drug-likeness (QED) is 0.296. The minimum Gasteiger partial charge on any atom is -0.488 e. The number of hydrogen-bond donors (Lipinski definition) is 1. The number of nitrogens with two attached hydrogens (primary N) is 1. The highest BCUT2D eigenvalue weighted by Gasteiger charge is 2.04. The van der Waals surface area contributed by atoms with Crippen molar-refractivity contribution in [3.05, 3.63) is 100 Å². The van der Waals surface area contributed by atoms with Crippen LogP contribution in [0.5, 0.6) is 5.75 Å². The molecule has 0 aliphatic carbocycles. The number of amidine groups is 1. The molecule has 0 bridgehead atoms. The lowest BCUT2D eigenvalue weighted by Gasteiger charge is -2.09. The first-order valence-corrected chi connectivity index (χ1v) is 10.5. The molecule has 0 aliphatic rings.